The maximum absolute atomic E-state index is 5.84. The van der Waals surface area contributed by atoms with Gasteiger partial charge in [0, 0.05) is 24.4 Å². The summed E-state index contributed by atoms with van der Waals surface area (Å²) >= 11 is 0. The summed E-state index contributed by atoms with van der Waals surface area (Å²) in [5.41, 5.74) is 2.56. The van der Waals surface area contributed by atoms with Crippen LogP contribution in [0.15, 0.2) is 0 Å². The van der Waals surface area contributed by atoms with Crippen LogP contribution in [0.2, 0.25) is 0 Å². The van der Waals surface area contributed by atoms with Crippen molar-refractivity contribution >= 4 is 5.82 Å². The topological polar surface area (TPSA) is 47.0 Å². The van der Waals surface area contributed by atoms with Crippen molar-refractivity contribution in [1.82, 2.24) is 9.97 Å². The summed E-state index contributed by atoms with van der Waals surface area (Å²) in [6.07, 6.45) is 6.77. The Morgan fingerprint density at radius 2 is 1.95 bits per heavy atom. The van der Waals surface area contributed by atoms with E-state index in [9.17, 15) is 0 Å². The molecule has 20 heavy (non-hydrogen) atoms. The molecule has 1 heterocycles. The van der Waals surface area contributed by atoms with E-state index in [1.165, 1.54) is 24.1 Å². The summed E-state index contributed by atoms with van der Waals surface area (Å²) in [5, 5.41) is 3.41. The SMILES string of the molecule is CCCC(OCC)c1nc2c(c(NCC)n1)CCCC2. The highest BCUT2D eigenvalue weighted by molar-refractivity contribution is 5.48. The molecule has 1 aliphatic carbocycles. The molecule has 0 saturated carbocycles. The van der Waals surface area contributed by atoms with Crippen LogP contribution < -0.4 is 5.32 Å². The number of anilines is 1. The lowest BCUT2D eigenvalue weighted by Gasteiger charge is -2.22. The van der Waals surface area contributed by atoms with E-state index in [1.807, 2.05) is 6.92 Å². The number of ether oxygens (including phenoxy) is 1. The van der Waals surface area contributed by atoms with Crippen molar-refractivity contribution in [3.8, 4) is 0 Å². The molecule has 4 heteroatoms. The van der Waals surface area contributed by atoms with Crippen LogP contribution in [0.4, 0.5) is 5.82 Å². The molecule has 0 bridgehead atoms. The molecule has 0 spiro atoms. The molecule has 0 aromatic carbocycles. The van der Waals surface area contributed by atoms with Gasteiger partial charge >= 0.3 is 0 Å². The van der Waals surface area contributed by atoms with Crippen LogP contribution in [0, 0.1) is 0 Å². The van der Waals surface area contributed by atoms with E-state index >= 15 is 0 Å². The van der Waals surface area contributed by atoms with Gasteiger partial charge in [-0.15, -0.1) is 0 Å². The van der Waals surface area contributed by atoms with Gasteiger partial charge < -0.3 is 10.1 Å². The summed E-state index contributed by atoms with van der Waals surface area (Å²) in [5.74, 6) is 1.90. The van der Waals surface area contributed by atoms with E-state index < -0.39 is 0 Å². The third-order valence-electron chi connectivity index (χ3n) is 3.75. The molecule has 1 atom stereocenters. The van der Waals surface area contributed by atoms with Gasteiger partial charge in [-0.25, -0.2) is 9.97 Å². The number of nitrogens with one attached hydrogen (secondary N) is 1. The number of fused-ring (bicyclic) bond motifs is 1. The van der Waals surface area contributed by atoms with Gasteiger partial charge in [0.25, 0.3) is 0 Å². The summed E-state index contributed by atoms with van der Waals surface area (Å²) in [4.78, 5) is 9.58. The largest absolute Gasteiger partial charge is 0.371 e. The fourth-order valence-corrected chi connectivity index (χ4v) is 2.82. The molecule has 1 unspecified atom stereocenters. The van der Waals surface area contributed by atoms with Crippen LogP contribution in [0.5, 0.6) is 0 Å². The lowest BCUT2D eigenvalue weighted by atomic mass is 9.96. The summed E-state index contributed by atoms with van der Waals surface area (Å²) in [6.45, 7) is 7.93. The minimum atomic E-state index is 0.0367. The summed E-state index contributed by atoms with van der Waals surface area (Å²) in [6, 6.07) is 0. The second kappa shape index (κ2) is 7.58. The minimum absolute atomic E-state index is 0.0367. The van der Waals surface area contributed by atoms with E-state index in [0.717, 1.165) is 43.9 Å². The molecule has 0 saturated heterocycles. The quantitative estimate of drug-likeness (QED) is 0.826. The molecule has 1 aromatic rings. The Hall–Kier alpha value is -1.16. The van der Waals surface area contributed by atoms with Crippen LogP contribution in [-0.2, 0) is 17.6 Å². The van der Waals surface area contributed by atoms with Crippen molar-refractivity contribution < 1.29 is 4.74 Å². The summed E-state index contributed by atoms with van der Waals surface area (Å²) < 4.78 is 5.84. The Morgan fingerprint density at radius 1 is 1.15 bits per heavy atom. The maximum atomic E-state index is 5.84. The fraction of sp³-hybridized carbons (Fsp3) is 0.750. The number of aromatic nitrogens is 2. The number of hydrogen-bond donors (Lipinski definition) is 1. The molecular formula is C16H27N3O. The van der Waals surface area contributed by atoms with Gasteiger partial charge in [-0.3, -0.25) is 0 Å². The van der Waals surface area contributed by atoms with Gasteiger partial charge in [0.1, 0.15) is 11.9 Å². The van der Waals surface area contributed by atoms with Crippen LogP contribution in [0.3, 0.4) is 0 Å². The average Bonchev–Trinajstić information content (AvgIpc) is 2.47. The molecule has 0 amide bonds. The summed E-state index contributed by atoms with van der Waals surface area (Å²) in [7, 11) is 0. The minimum Gasteiger partial charge on any atom is -0.371 e. The first kappa shape index (κ1) is 15.2. The Kier molecular flexibility index (Phi) is 5.77. The van der Waals surface area contributed by atoms with E-state index in [0.29, 0.717) is 6.61 Å². The smallest absolute Gasteiger partial charge is 0.159 e. The molecule has 1 aliphatic rings. The van der Waals surface area contributed by atoms with Crippen LogP contribution in [-0.4, -0.2) is 23.1 Å². The zero-order valence-electron chi connectivity index (χ0n) is 13.0. The van der Waals surface area contributed by atoms with Crippen molar-refractivity contribution in [2.24, 2.45) is 0 Å². The van der Waals surface area contributed by atoms with Crippen molar-refractivity contribution in [3.05, 3.63) is 17.1 Å². The predicted octanol–water partition coefficient (Wildman–Crippen LogP) is 3.66. The molecule has 0 radical (unpaired) electrons. The average molecular weight is 277 g/mol. The first-order chi connectivity index (χ1) is 9.80. The standard InChI is InChI=1S/C16H27N3O/c1-4-9-14(20-6-3)16-18-13-11-8-7-10-12(13)15(19-16)17-5-2/h14H,4-11H2,1-3H3,(H,17,18,19). The van der Waals surface area contributed by atoms with E-state index in [1.54, 1.807) is 0 Å². The lowest BCUT2D eigenvalue weighted by molar-refractivity contribution is 0.0492. The van der Waals surface area contributed by atoms with Crippen LogP contribution in [0.1, 0.15) is 69.6 Å². The zero-order chi connectivity index (χ0) is 14.4. The third-order valence-corrected chi connectivity index (χ3v) is 3.75. The Morgan fingerprint density at radius 3 is 2.65 bits per heavy atom. The Bertz CT molecular complexity index is 428. The normalized spacial score (nSPS) is 15.8. The number of aryl methyl sites for hydroxylation is 1. The monoisotopic (exact) mass is 277 g/mol. The highest BCUT2D eigenvalue weighted by atomic mass is 16.5. The highest BCUT2D eigenvalue weighted by Crippen LogP contribution is 2.29. The molecule has 112 valence electrons. The van der Waals surface area contributed by atoms with Crippen molar-refractivity contribution in [2.45, 2.75) is 65.4 Å². The highest BCUT2D eigenvalue weighted by Gasteiger charge is 2.21. The van der Waals surface area contributed by atoms with Crippen LogP contribution in [0.25, 0.3) is 0 Å². The Labute approximate surface area is 122 Å². The molecule has 1 aromatic heterocycles. The van der Waals surface area contributed by atoms with Gasteiger partial charge in [-0.2, -0.15) is 0 Å². The van der Waals surface area contributed by atoms with Gasteiger partial charge in [0.15, 0.2) is 5.82 Å². The maximum Gasteiger partial charge on any atom is 0.159 e. The van der Waals surface area contributed by atoms with Crippen molar-refractivity contribution in [1.29, 1.82) is 0 Å². The second-order valence-corrected chi connectivity index (χ2v) is 5.33. The molecule has 1 N–H and O–H groups in total. The molecule has 0 fully saturated rings. The molecule has 4 nitrogen and oxygen atoms in total. The number of nitrogens with zero attached hydrogens (tertiary/aromatic N) is 2. The van der Waals surface area contributed by atoms with E-state index in [4.69, 9.17) is 14.7 Å². The second-order valence-electron chi connectivity index (χ2n) is 5.33. The molecular weight excluding hydrogens is 250 g/mol. The van der Waals surface area contributed by atoms with Gasteiger partial charge in [0.05, 0.1) is 0 Å². The van der Waals surface area contributed by atoms with Gasteiger partial charge in [-0.1, -0.05) is 13.3 Å². The third kappa shape index (κ3) is 3.48. The van der Waals surface area contributed by atoms with Gasteiger partial charge in [-0.05, 0) is 46.0 Å². The van der Waals surface area contributed by atoms with Crippen LogP contribution >= 0.6 is 0 Å². The number of rotatable bonds is 7. The van der Waals surface area contributed by atoms with Crippen molar-refractivity contribution in [2.75, 3.05) is 18.5 Å². The lowest BCUT2D eigenvalue weighted by Crippen LogP contribution is -2.17. The predicted molar refractivity (Wildman–Crippen MR) is 82.1 cm³/mol. The van der Waals surface area contributed by atoms with Crippen molar-refractivity contribution in [3.63, 3.8) is 0 Å². The van der Waals surface area contributed by atoms with E-state index in [2.05, 4.69) is 19.2 Å². The number of hydrogen-bond acceptors (Lipinski definition) is 4. The fourth-order valence-electron chi connectivity index (χ4n) is 2.82. The molecule has 2 rings (SSSR count). The first-order valence-electron chi connectivity index (χ1n) is 8.05. The Balaban J connectivity index is 2.34. The van der Waals surface area contributed by atoms with Gasteiger partial charge in [0.2, 0.25) is 0 Å². The molecule has 0 aliphatic heterocycles. The van der Waals surface area contributed by atoms with E-state index in [-0.39, 0.29) is 6.10 Å². The first-order valence-corrected chi connectivity index (χ1v) is 8.05. The zero-order valence-corrected chi connectivity index (χ0v) is 13.0.